The van der Waals surface area contributed by atoms with Crippen LogP contribution in [0.1, 0.15) is 25.0 Å². The summed E-state index contributed by atoms with van der Waals surface area (Å²) in [4.78, 5) is 2.58. The summed E-state index contributed by atoms with van der Waals surface area (Å²) in [6.45, 7) is 7.89. The van der Waals surface area contributed by atoms with E-state index in [0.717, 1.165) is 26.1 Å². The van der Waals surface area contributed by atoms with Crippen molar-refractivity contribution in [3.8, 4) is 0 Å². The average molecular weight is 294 g/mol. The zero-order valence-electron chi connectivity index (χ0n) is 13.6. The van der Waals surface area contributed by atoms with Crippen molar-refractivity contribution in [1.29, 1.82) is 0 Å². The van der Waals surface area contributed by atoms with Crippen molar-refractivity contribution in [3.63, 3.8) is 0 Å². The second-order valence-electron chi connectivity index (χ2n) is 6.54. The van der Waals surface area contributed by atoms with E-state index < -0.39 is 0 Å². The normalized spacial score (nSPS) is 18.7. The number of benzene rings is 2. The summed E-state index contributed by atoms with van der Waals surface area (Å²) in [5, 5.41) is 3.53. The summed E-state index contributed by atoms with van der Waals surface area (Å²) in [6.07, 6.45) is 1.01. The lowest BCUT2D eigenvalue weighted by atomic mass is 9.98. The van der Waals surface area contributed by atoms with E-state index in [4.69, 9.17) is 0 Å². The first-order valence-electron chi connectivity index (χ1n) is 8.34. The Labute approximate surface area is 134 Å². The van der Waals surface area contributed by atoms with Crippen molar-refractivity contribution in [3.05, 3.63) is 65.7 Å². The van der Waals surface area contributed by atoms with Crippen LogP contribution in [0.5, 0.6) is 0 Å². The summed E-state index contributed by atoms with van der Waals surface area (Å²) in [7, 11) is 0. The minimum atomic E-state index is 0.584. The highest BCUT2D eigenvalue weighted by Gasteiger charge is 2.25. The quantitative estimate of drug-likeness (QED) is 0.924. The third-order valence-electron chi connectivity index (χ3n) is 4.55. The third-order valence-corrected chi connectivity index (χ3v) is 4.55. The molecule has 1 saturated heterocycles. The summed E-state index contributed by atoms with van der Waals surface area (Å²) in [6, 6.07) is 20.4. The number of nitrogens with one attached hydrogen (secondary N) is 1. The van der Waals surface area contributed by atoms with Gasteiger partial charge in [0.05, 0.1) is 0 Å². The first kappa shape index (κ1) is 15.1. The molecule has 2 heteroatoms. The van der Waals surface area contributed by atoms with Crippen molar-refractivity contribution in [2.24, 2.45) is 5.92 Å². The average Bonchev–Trinajstić information content (AvgIpc) is 2.56. The highest BCUT2D eigenvalue weighted by molar-refractivity contribution is 5.51. The molecule has 0 bridgehead atoms. The number of piperazine rings is 1. The van der Waals surface area contributed by atoms with Crippen molar-refractivity contribution in [1.82, 2.24) is 5.32 Å². The molecular weight excluding hydrogens is 268 g/mol. The van der Waals surface area contributed by atoms with Crippen LogP contribution in [0.2, 0.25) is 0 Å². The van der Waals surface area contributed by atoms with Gasteiger partial charge in [-0.05, 0) is 35.6 Å². The molecule has 0 amide bonds. The summed E-state index contributed by atoms with van der Waals surface area (Å²) in [5.74, 6) is 0.658. The van der Waals surface area contributed by atoms with Gasteiger partial charge in [-0.2, -0.15) is 0 Å². The van der Waals surface area contributed by atoms with E-state index in [9.17, 15) is 0 Å². The molecule has 1 aliphatic rings. The predicted octanol–water partition coefficient (Wildman–Crippen LogP) is 3.71. The van der Waals surface area contributed by atoms with Gasteiger partial charge < -0.3 is 10.2 Å². The molecule has 0 saturated carbocycles. The summed E-state index contributed by atoms with van der Waals surface area (Å²) in [5.41, 5.74) is 4.14. The highest BCUT2D eigenvalue weighted by atomic mass is 15.2. The Balaban J connectivity index is 1.81. The Hall–Kier alpha value is -1.80. The molecule has 1 fully saturated rings. The molecule has 0 radical (unpaired) electrons. The SMILES string of the molecule is CC(C)[C@H]1CNCCN1c1cccc(Cc2ccccc2)c1. The van der Waals surface area contributed by atoms with Gasteiger partial charge in [-0.15, -0.1) is 0 Å². The lowest BCUT2D eigenvalue weighted by Gasteiger charge is -2.40. The molecule has 2 aromatic carbocycles. The number of rotatable bonds is 4. The molecule has 116 valence electrons. The maximum Gasteiger partial charge on any atom is 0.0438 e. The van der Waals surface area contributed by atoms with Gasteiger partial charge in [-0.1, -0.05) is 56.3 Å². The molecule has 3 rings (SSSR count). The Morgan fingerprint density at radius 2 is 1.82 bits per heavy atom. The Morgan fingerprint density at radius 1 is 1.05 bits per heavy atom. The van der Waals surface area contributed by atoms with Crippen molar-refractivity contribution < 1.29 is 0 Å². The molecule has 1 aliphatic heterocycles. The van der Waals surface area contributed by atoms with Gasteiger partial charge in [0.2, 0.25) is 0 Å². The van der Waals surface area contributed by atoms with Crippen molar-refractivity contribution in [2.75, 3.05) is 24.5 Å². The lowest BCUT2D eigenvalue weighted by Crippen LogP contribution is -2.53. The zero-order valence-corrected chi connectivity index (χ0v) is 13.6. The van der Waals surface area contributed by atoms with E-state index in [0.29, 0.717) is 12.0 Å². The molecule has 0 aromatic heterocycles. The van der Waals surface area contributed by atoms with Crippen LogP contribution in [-0.2, 0) is 6.42 Å². The fraction of sp³-hybridized carbons (Fsp3) is 0.400. The molecule has 1 N–H and O–H groups in total. The Bertz CT molecular complexity index is 592. The minimum absolute atomic E-state index is 0.584. The van der Waals surface area contributed by atoms with E-state index in [1.54, 1.807) is 0 Å². The Kier molecular flexibility index (Phi) is 4.79. The van der Waals surface area contributed by atoms with Crippen LogP contribution in [0.15, 0.2) is 54.6 Å². The predicted molar refractivity (Wildman–Crippen MR) is 94.5 cm³/mol. The number of anilines is 1. The molecule has 0 aliphatic carbocycles. The molecule has 0 spiro atoms. The highest BCUT2D eigenvalue weighted by Crippen LogP contribution is 2.24. The van der Waals surface area contributed by atoms with Gasteiger partial charge in [0.1, 0.15) is 0 Å². The second kappa shape index (κ2) is 6.97. The molecule has 22 heavy (non-hydrogen) atoms. The van der Waals surface area contributed by atoms with Gasteiger partial charge in [0.15, 0.2) is 0 Å². The van der Waals surface area contributed by atoms with Gasteiger partial charge in [0, 0.05) is 31.4 Å². The number of hydrogen-bond acceptors (Lipinski definition) is 2. The molecule has 1 atom stereocenters. The van der Waals surface area contributed by atoms with Gasteiger partial charge in [0.25, 0.3) is 0 Å². The maximum atomic E-state index is 3.53. The summed E-state index contributed by atoms with van der Waals surface area (Å²) >= 11 is 0. The van der Waals surface area contributed by atoms with Gasteiger partial charge in [-0.3, -0.25) is 0 Å². The van der Waals surface area contributed by atoms with Gasteiger partial charge >= 0.3 is 0 Å². The van der Waals surface area contributed by atoms with Crippen LogP contribution in [0.25, 0.3) is 0 Å². The number of nitrogens with zero attached hydrogens (tertiary/aromatic N) is 1. The van der Waals surface area contributed by atoms with Crippen LogP contribution in [0, 0.1) is 5.92 Å². The largest absolute Gasteiger partial charge is 0.366 e. The van der Waals surface area contributed by atoms with Gasteiger partial charge in [-0.25, -0.2) is 0 Å². The van der Waals surface area contributed by atoms with E-state index >= 15 is 0 Å². The van der Waals surface area contributed by atoms with E-state index in [-0.39, 0.29) is 0 Å². The zero-order chi connectivity index (χ0) is 15.4. The molecular formula is C20H26N2. The van der Waals surface area contributed by atoms with Crippen LogP contribution < -0.4 is 10.2 Å². The summed E-state index contributed by atoms with van der Waals surface area (Å²) < 4.78 is 0. The van der Waals surface area contributed by atoms with Crippen LogP contribution in [0.3, 0.4) is 0 Å². The smallest absolute Gasteiger partial charge is 0.0438 e. The monoisotopic (exact) mass is 294 g/mol. The van der Waals surface area contributed by atoms with Crippen LogP contribution in [0.4, 0.5) is 5.69 Å². The third kappa shape index (κ3) is 3.50. The molecule has 0 unspecified atom stereocenters. The van der Waals surface area contributed by atoms with E-state index in [1.807, 2.05) is 0 Å². The van der Waals surface area contributed by atoms with Crippen LogP contribution >= 0.6 is 0 Å². The maximum absolute atomic E-state index is 3.53. The minimum Gasteiger partial charge on any atom is -0.366 e. The molecule has 2 nitrogen and oxygen atoms in total. The lowest BCUT2D eigenvalue weighted by molar-refractivity contribution is 0.390. The van der Waals surface area contributed by atoms with E-state index in [1.165, 1.54) is 16.8 Å². The molecule has 1 heterocycles. The first-order chi connectivity index (χ1) is 10.7. The van der Waals surface area contributed by atoms with Crippen molar-refractivity contribution in [2.45, 2.75) is 26.3 Å². The van der Waals surface area contributed by atoms with Crippen molar-refractivity contribution >= 4 is 5.69 Å². The topological polar surface area (TPSA) is 15.3 Å². The van der Waals surface area contributed by atoms with Crippen LogP contribution in [-0.4, -0.2) is 25.7 Å². The second-order valence-corrected chi connectivity index (χ2v) is 6.54. The standard InChI is InChI=1S/C20H26N2/c1-16(2)20-15-21-11-12-22(20)19-10-6-9-18(14-19)13-17-7-4-3-5-8-17/h3-10,14,16,20-21H,11-13,15H2,1-2H3/t20-/m1/s1. The molecule has 2 aromatic rings. The number of hydrogen-bond donors (Lipinski definition) is 1. The first-order valence-corrected chi connectivity index (χ1v) is 8.34. The Morgan fingerprint density at radius 3 is 2.59 bits per heavy atom. The fourth-order valence-corrected chi connectivity index (χ4v) is 3.32. The fourth-order valence-electron chi connectivity index (χ4n) is 3.32. The van der Waals surface area contributed by atoms with E-state index in [2.05, 4.69) is 78.7 Å².